The van der Waals surface area contributed by atoms with Crippen molar-refractivity contribution < 1.29 is 13.5 Å². The minimum atomic E-state index is -3.10. The third-order valence-corrected chi connectivity index (χ3v) is 4.62. The van der Waals surface area contributed by atoms with Crippen LogP contribution in [-0.4, -0.2) is 31.1 Å². The predicted molar refractivity (Wildman–Crippen MR) is 52.2 cm³/mol. The van der Waals surface area contributed by atoms with Gasteiger partial charge in [0, 0.05) is 6.26 Å². The molecule has 4 unspecified atom stereocenters. The molecule has 0 radical (unpaired) electrons. The Bertz CT molecular complexity index is 259. The minimum absolute atomic E-state index is 0.0775. The molecule has 13 heavy (non-hydrogen) atoms. The molecule has 1 rings (SSSR count). The number of rotatable bonds is 1. The molecular weight excluding hydrogens is 188 g/mol. The van der Waals surface area contributed by atoms with Gasteiger partial charge in [-0.3, -0.25) is 0 Å². The SMILES string of the molecule is CC1CC(C)C(S(C)(=O)=O)C(O)C1. The summed E-state index contributed by atoms with van der Waals surface area (Å²) in [6.07, 6.45) is 2.05. The summed E-state index contributed by atoms with van der Waals surface area (Å²) >= 11 is 0. The Labute approximate surface area is 80.1 Å². The number of sulfone groups is 1. The van der Waals surface area contributed by atoms with Crippen molar-refractivity contribution in [2.45, 2.75) is 38.0 Å². The Hall–Kier alpha value is -0.0900. The van der Waals surface area contributed by atoms with Crippen LogP contribution in [0.5, 0.6) is 0 Å². The third-order valence-electron chi connectivity index (χ3n) is 2.85. The van der Waals surface area contributed by atoms with Crippen molar-refractivity contribution in [3.05, 3.63) is 0 Å². The molecule has 0 heterocycles. The molecule has 1 aliphatic carbocycles. The lowest BCUT2D eigenvalue weighted by Crippen LogP contribution is -2.44. The van der Waals surface area contributed by atoms with Gasteiger partial charge >= 0.3 is 0 Å². The summed E-state index contributed by atoms with van der Waals surface area (Å²) in [5.41, 5.74) is 0. The van der Waals surface area contributed by atoms with Crippen LogP contribution in [0.15, 0.2) is 0 Å². The summed E-state index contributed by atoms with van der Waals surface area (Å²) in [6.45, 7) is 3.96. The lowest BCUT2D eigenvalue weighted by atomic mass is 9.81. The Balaban J connectivity index is 2.85. The van der Waals surface area contributed by atoms with Gasteiger partial charge in [0.1, 0.15) is 0 Å². The molecule has 4 heteroatoms. The molecule has 1 saturated carbocycles. The first-order valence-electron chi connectivity index (χ1n) is 4.69. The van der Waals surface area contributed by atoms with Crippen LogP contribution < -0.4 is 0 Å². The largest absolute Gasteiger partial charge is 0.392 e. The van der Waals surface area contributed by atoms with Crippen molar-refractivity contribution in [1.82, 2.24) is 0 Å². The molecule has 78 valence electrons. The standard InChI is InChI=1S/C9H18O3S/c1-6-4-7(2)9(8(10)5-6)13(3,11)12/h6-10H,4-5H2,1-3H3. The lowest BCUT2D eigenvalue weighted by Gasteiger charge is -2.35. The highest BCUT2D eigenvalue weighted by molar-refractivity contribution is 7.91. The van der Waals surface area contributed by atoms with Crippen molar-refractivity contribution >= 4 is 9.84 Å². The van der Waals surface area contributed by atoms with Crippen LogP contribution in [0, 0.1) is 11.8 Å². The fourth-order valence-electron chi connectivity index (χ4n) is 2.50. The average molecular weight is 206 g/mol. The summed E-state index contributed by atoms with van der Waals surface area (Å²) in [5, 5.41) is 9.11. The molecule has 0 spiro atoms. The van der Waals surface area contributed by atoms with Crippen LogP contribution in [0.2, 0.25) is 0 Å². The molecule has 0 amide bonds. The molecule has 0 aromatic rings. The number of hydrogen-bond donors (Lipinski definition) is 1. The average Bonchev–Trinajstić information content (AvgIpc) is 1.78. The van der Waals surface area contributed by atoms with Gasteiger partial charge in [-0.2, -0.15) is 0 Å². The van der Waals surface area contributed by atoms with Crippen LogP contribution in [0.25, 0.3) is 0 Å². The van der Waals surface area contributed by atoms with Gasteiger partial charge in [0.15, 0.2) is 9.84 Å². The molecule has 1 N–H and O–H groups in total. The summed E-state index contributed by atoms with van der Waals surface area (Å²) in [5.74, 6) is 0.511. The smallest absolute Gasteiger partial charge is 0.153 e. The topological polar surface area (TPSA) is 54.4 Å². The second-order valence-corrected chi connectivity index (χ2v) is 6.62. The van der Waals surface area contributed by atoms with Crippen LogP contribution in [0.4, 0.5) is 0 Å². The molecule has 0 saturated heterocycles. The van der Waals surface area contributed by atoms with E-state index in [1.807, 2.05) is 6.92 Å². The first-order valence-corrected chi connectivity index (χ1v) is 6.64. The number of aliphatic hydroxyl groups excluding tert-OH is 1. The molecule has 0 aliphatic heterocycles. The second-order valence-electron chi connectivity index (χ2n) is 4.42. The van der Waals surface area contributed by atoms with Gasteiger partial charge in [0.2, 0.25) is 0 Å². The molecule has 1 fully saturated rings. The second kappa shape index (κ2) is 3.58. The van der Waals surface area contributed by atoms with Crippen molar-refractivity contribution in [3.63, 3.8) is 0 Å². The van der Waals surface area contributed by atoms with E-state index in [-0.39, 0.29) is 5.92 Å². The highest BCUT2D eigenvalue weighted by Crippen LogP contribution is 2.32. The van der Waals surface area contributed by atoms with Crippen molar-refractivity contribution in [1.29, 1.82) is 0 Å². The van der Waals surface area contributed by atoms with Gasteiger partial charge in [-0.25, -0.2) is 8.42 Å². The van der Waals surface area contributed by atoms with E-state index < -0.39 is 21.2 Å². The third kappa shape index (κ3) is 2.44. The molecule has 4 atom stereocenters. The minimum Gasteiger partial charge on any atom is -0.392 e. The zero-order chi connectivity index (χ0) is 10.2. The van der Waals surface area contributed by atoms with Crippen LogP contribution in [0.1, 0.15) is 26.7 Å². The van der Waals surface area contributed by atoms with Crippen molar-refractivity contribution in [2.75, 3.05) is 6.26 Å². The Kier molecular flexibility index (Phi) is 3.02. The fraction of sp³-hybridized carbons (Fsp3) is 1.00. The Morgan fingerprint density at radius 2 is 1.77 bits per heavy atom. The van der Waals surface area contributed by atoms with Crippen molar-refractivity contribution in [3.8, 4) is 0 Å². The summed E-state index contributed by atoms with van der Waals surface area (Å²) in [4.78, 5) is 0. The van der Waals surface area contributed by atoms with E-state index in [1.165, 1.54) is 6.26 Å². The maximum atomic E-state index is 11.4. The predicted octanol–water partition coefficient (Wildman–Crippen LogP) is 0.827. The van der Waals surface area contributed by atoms with E-state index in [4.69, 9.17) is 0 Å². The van der Waals surface area contributed by atoms with Gasteiger partial charge in [-0.15, -0.1) is 0 Å². The van der Waals surface area contributed by atoms with Gasteiger partial charge in [0.05, 0.1) is 11.4 Å². The summed E-state index contributed by atoms with van der Waals surface area (Å²) < 4.78 is 22.7. The highest BCUT2D eigenvalue weighted by Gasteiger charge is 2.39. The van der Waals surface area contributed by atoms with E-state index >= 15 is 0 Å². The van der Waals surface area contributed by atoms with E-state index in [0.717, 1.165) is 6.42 Å². The molecule has 0 aromatic carbocycles. The zero-order valence-electron chi connectivity index (χ0n) is 8.40. The number of hydrogen-bond acceptors (Lipinski definition) is 3. The Morgan fingerprint density at radius 3 is 2.15 bits per heavy atom. The first-order chi connectivity index (χ1) is 5.82. The maximum absolute atomic E-state index is 11.4. The summed E-state index contributed by atoms with van der Waals surface area (Å²) in [7, 11) is -3.10. The molecule has 1 aliphatic rings. The molecule has 0 bridgehead atoms. The van der Waals surface area contributed by atoms with Gasteiger partial charge in [-0.1, -0.05) is 13.8 Å². The Morgan fingerprint density at radius 1 is 1.23 bits per heavy atom. The van der Waals surface area contributed by atoms with E-state index in [9.17, 15) is 13.5 Å². The van der Waals surface area contributed by atoms with E-state index in [0.29, 0.717) is 12.3 Å². The van der Waals surface area contributed by atoms with Crippen LogP contribution in [-0.2, 0) is 9.84 Å². The number of aliphatic hydroxyl groups is 1. The van der Waals surface area contributed by atoms with Crippen LogP contribution >= 0.6 is 0 Å². The monoisotopic (exact) mass is 206 g/mol. The molecule has 0 aromatic heterocycles. The van der Waals surface area contributed by atoms with Crippen LogP contribution in [0.3, 0.4) is 0 Å². The first kappa shape index (κ1) is 11.0. The van der Waals surface area contributed by atoms with Gasteiger partial charge < -0.3 is 5.11 Å². The zero-order valence-corrected chi connectivity index (χ0v) is 9.21. The normalized spacial score (nSPS) is 41.8. The molecule has 3 nitrogen and oxygen atoms in total. The maximum Gasteiger partial charge on any atom is 0.153 e. The van der Waals surface area contributed by atoms with Gasteiger partial charge in [0.25, 0.3) is 0 Å². The molecular formula is C9H18O3S. The quantitative estimate of drug-likeness (QED) is 0.691. The highest BCUT2D eigenvalue weighted by atomic mass is 32.2. The summed E-state index contributed by atoms with van der Waals surface area (Å²) in [6, 6.07) is 0. The lowest BCUT2D eigenvalue weighted by molar-refractivity contribution is 0.0846. The van der Waals surface area contributed by atoms with Crippen molar-refractivity contribution in [2.24, 2.45) is 11.8 Å². The van der Waals surface area contributed by atoms with Gasteiger partial charge in [-0.05, 0) is 24.7 Å². The fourth-order valence-corrected chi connectivity index (χ4v) is 4.13. The van der Waals surface area contributed by atoms with E-state index in [1.54, 1.807) is 0 Å². The van der Waals surface area contributed by atoms with E-state index in [2.05, 4.69) is 6.92 Å².